The molecule has 0 fully saturated rings. The first-order chi connectivity index (χ1) is 15.4. The number of hydrogen-bond donors (Lipinski definition) is 1. The number of carboxylic acid groups (broad SMARTS) is 1. The minimum Gasteiger partial charge on any atom is -0.476 e. The van der Waals surface area contributed by atoms with Crippen molar-refractivity contribution in [1.29, 1.82) is 0 Å². The van der Waals surface area contributed by atoms with Crippen molar-refractivity contribution in [2.24, 2.45) is 0 Å². The van der Waals surface area contributed by atoms with Gasteiger partial charge in [0.15, 0.2) is 5.69 Å². The molecule has 3 aromatic rings. The minimum atomic E-state index is -1.25. The Labute approximate surface area is 197 Å². The third kappa shape index (κ3) is 6.36. The molecule has 0 atom stereocenters. The van der Waals surface area contributed by atoms with E-state index in [1.165, 1.54) is 4.68 Å². The molecule has 0 amide bonds. The molecule has 2 aromatic carbocycles. The SMILES string of the molecule is C#C.CC.CCOC(=O)Cc1c(C(=O)O)nn(-c2ccccc2Cl)c1-c1ccc(Cl)cc1. The molecule has 3 rings (SSSR count). The lowest BCUT2D eigenvalue weighted by atomic mass is 10.0. The normalized spacial score (nSPS) is 9.59. The number of ether oxygens (including phenoxy) is 1. The number of halogens is 2. The predicted molar refractivity (Wildman–Crippen MR) is 128 cm³/mol. The molecule has 1 aromatic heterocycles. The van der Waals surface area contributed by atoms with Crippen LogP contribution >= 0.6 is 23.2 Å². The van der Waals surface area contributed by atoms with Gasteiger partial charge < -0.3 is 9.84 Å². The van der Waals surface area contributed by atoms with Gasteiger partial charge in [-0.3, -0.25) is 4.79 Å². The van der Waals surface area contributed by atoms with Crippen LogP contribution in [0.25, 0.3) is 16.9 Å². The monoisotopic (exact) mass is 474 g/mol. The van der Waals surface area contributed by atoms with Crippen molar-refractivity contribution in [1.82, 2.24) is 9.78 Å². The van der Waals surface area contributed by atoms with Crippen LogP contribution in [0.3, 0.4) is 0 Å². The standard InChI is InChI=1S/C20H16Cl2N2O4.C2H6.C2H2/c1-2-28-17(25)11-14-18(20(26)27)23-24(16-6-4-3-5-15(16)22)19(14)12-7-9-13(21)10-8-12;2*1-2/h3-10H,2,11H2,1H3,(H,26,27);1-2H3;1-2H. The van der Waals surface area contributed by atoms with Crippen molar-refractivity contribution in [3.8, 4) is 29.8 Å². The molecule has 1 N–H and O–H groups in total. The molecule has 1 heterocycles. The van der Waals surface area contributed by atoms with Crippen LogP contribution in [-0.2, 0) is 16.0 Å². The van der Waals surface area contributed by atoms with Crippen LogP contribution in [0.5, 0.6) is 0 Å². The molecule has 8 heteroatoms. The number of benzene rings is 2. The first-order valence-corrected chi connectivity index (χ1v) is 10.5. The predicted octanol–water partition coefficient (Wildman–Crippen LogP) is 5.93. The molecule has 0 bridgehead atoms. The molecule has 32 heavy (non-hydrogen) atoms. The van der Waals surface area contributed by atoms with E-state index in [1.807, 2.05) is 13.8 Å². The molecule has 0 aliphatic rings. The second-order valence-electron chi connectivity index (χ2n) is 5.83. The summed E-state index contributed by atoms with van der Waals surface area (Å²) in [5.74, 6) is -1.79. The number of esters is 1. The second-order valence-corrected chi connectivity index (χ2v) is 6.68. The molecular weight excluding hydrogens is 451 g/mol. The number of rotatable bonds is 6. The molecule has 0 aliphatic heterocycles. The van der Waals surface area contributed by atoms with Crippen molar-refractivity contribution in [2.75, 3.05) is 6.61 Å². The first kappa shape index (κ1) is 26.8. The smallest absolute Gasteiger partial charge is 0.356 e. The van der Waals surface area contributed by atoms with E-state index >= 15 is 0 Å². The van der Waals surface area contributed by atoms with E-state index < -0.39 is 11.9 Å². The Morgan fingerprint density at radius 3 is 2.19 bits per heavy atom. The fourth-order valence-electron chi connectivity index (χ4n) is 2.85. The van der Waals surface area contributed by atoms with Crippen LogP contribution in [0.4, 0.5) is 0 Å². The van der Waals surface area contributed by atoms with Gasteiger partial charge in [0.1, 0.15) is 0 Å². The maximum Gasteiger partial charge on any atom is 0.356 e. The fourth-order valence-corrected chi connectivity index (χ4v) is 3.19. The Kier molecular flexibility index (Phi) is 11.0. The van der Waals surface area contributed by atoms with Crippen molar-refractivity contribution in [3.63, 3.8) is 0 Å². The minimum absolute atomic E-state index is 0.191. The van der Waals surface area contributed by atoms with Gasteiger partial charge in [-0.15, -0.1) is 12.8 Å². The highest BCUT2D eigenvalue weighted by atomic mass is 35.5. The van der Waals surface area contributed by atoms with E-state index in [0.29, 0.717) is 27.0 Å². The van der Waals surface area contributed by atoms with Gasteiger partial charge in [-0.05, 0) is 31.2 Å². The number of carbonyl (C=O) groups excluding carboxylic acids is 1. The number of hydrogen-bond acceptors (Lipinski definition) is 4. The van der Waals surface area contributed by atoms with Gasteiger partial charge in [-0.2, -0.15) is 5.10 Å². The maximum absolute atomic E-state index is 12.1. The maximum atomic E-state index is 12.1. The van der Waals surface area contributed by atoms with Gasteiger partial charge in [0, 0.05) is 16.1 Å². The summed E-state index contributed by atoms with van der Waals surface area (Å²) < 4.78 is 6.45. The zero-order chi connectivity index (χ0) is 24.3. The zero-order valence-corrected chi connectivity index (χ0v) is 19.5. The van der Waals surface area contributed by atoms with E-state index in [1.54, 1.807) is 55.5 Å². The number of carboxylic acids is 1. The summed E-state index contributed by atoms with van der Waals surface area (Å²) in [4.78, 5) is 24.0. The lowest BCUT2D eigenvalue weighted by Crippen LogP contribution is -2.11. The van der Waals surface area contributed by atoms with Gasteiger partial charge in [0.05, 0.1) is 29.4 Å². The van der Waals surface area contributed by atoms with Gasteiger partial charge in [0.25, 0.3) is 0 Å². The van der Waals surface area contributed by atoms with Gasteiger partial charge in [-0.1, -0.05) is 61.3 Å². The molecule has 0 saturated carbocycles. The highest BCUT2D eigenvalue weighted by molar-refractivity contribution is 6.32. The topological polar surface area (TPSA) is 81.4 Å². The average molecular weight is 475 g/mol. The van der Waals surface area contributed by atoms with Crippen LogP contribution in [-0.4, -0.2) is 33.4 Å². The van der Waals surface area contributed by atoms with Crippen molar-refractivity contribution < 1.29 is 19.4 Å². The van der Waals surface area contributed by atoms with E-state index in [-0.39, 0.29) is 24.3 Å². The lowest BCUT2D eigenvalue weighted by molar-refractivity contribution is -0.142. The molecule has 0 radical (unpaired) electrons. The van der Waals surface area contributed by atoms with E-state index in [0.717, 1.165) is 0 Å². The Hall–Kier alpha value is -3.27. The summed E-state index contributed by atoms with van der Waals surface area (Å²) in [6.07, 6.45) is 7.76. The number of para-hydroxylation sites is 1. The highest BCUT2D eigenvalue weighted by Gasteiger charge is 2.27. The van der Waals surface area contributed by atoms with Crippen LogP contribution in [0, 0.1) is 12.8 Å². The summed E-state index contributed by atoms with van der Waals surface area (Å²) in [6, 6.07) is 13.7. The largest absolute Gasteiger partial charge is 0.476 e. The molecule has 0 aliphatic carbocycles. The zero-order valence-electron chi connectivity index (χ0n) is 18.0. The quantitative estimate of drug-likeness (QED) is 0.353. The van der Waals surface area contributed by atoms with Crippen molar-refractivity contribution in [3.05, 3.63) is 69.8 Å². The lowest BCUT2D eigenvalue weighted by Gasteiger charge is -2.11. The fraction of sp³-hybridized carbons (Fsp3) is 0.208. The van der Waals surface area contributed by atoms with Gasteiger partial charge in [0.2, 0.25) is 0 Å². The molecule has 6 nitrogen and oxygen atoms in total. The third-order valence-electron chi connectivity index (χ3n) is 4.01. The van der Waals surface area contributed by atoms with E-state index in [4.69, 9.17) is 27.9 Å². The van der Waals surface area contributed by atoms with Crippen molar-refractivity contribution >= 4 is 35.1 Å². The van der Waals surface area contributed by atoms with Gasteiger partial charge in [-0.25, -0.2) is 9.48 Å². The number of aromatic nitrogens is 2. The Balaban J connectivity index is 0.00000121. The number of terminal acetylenes is 1. The van der Waals surface area contributed by atoms with E-state index in [9.17, 15) is 14.7 Å². The van der Waals surface area contributed by atoms with Gasteiger partial charge >= 0.3 is 11.9 Å². The van der Waals surface area contributed by atoms with Crippen molar-refractivity contribution in [2.45, 2.75) is 27.2 Å². The van der Waals surface area contributed by atoms with E-state index in [2.05, 4.69) is 17.9 Å². The Morgan fingerprint density at radius 1 is 1.06 bits per heavy atom. The van der Waals surface area contributed by atoms with Crippen LogP contribution in [0.1, 0.15) is 36.8 Å². The second kappa shape index (κ2) is 13.2. The van der Waals surface area contributed by atoms with Crippen LogP contribution < -0.4 is 0 Å². The number of aromatic carboxylic acids is 1. The summed E-state index contributed by atoms with van der Waals surface area (Å²) in [5, 5.41) is 14.8. The average Bonchev–Trinajstić information content (AvgIpc) is 3.16. The van der Waals surface area contributed by atoms with Crippen LogP contribution in [0.2, 0.25) is 10.0 Å². The highest BCUT2D eigenvalue weighted by Crippen LogP contribution is 2.33. The molecular formula is C24H24Cl2N2O4. The van der Waals surface area contributed by atoms with Crippen LogP contribution in [0.15, 0.2) is 48.5 Å². The molecule has 0 unspecified atom stereocenters. The Bertz CT molecular complexity index is 1070. The number of nitrogens with zero attached hydrogens (tertiary/aromatic N) is 2. The summed E-state index contributed by atoms with van der Waals surface area (Å²) >= 11 is 12.3. The molecule has 0 saturated heterocycles. The summed E-state index contributed by atoms with van der Waals surface area (Å²) in [6.45, 7) is 5.87. The Morgan fingerprint density at radius 2 is 1.66 bits per heavy atom. The third-order valence-corrected chi connectivity index (χ3v) is 4.58. The molecule has 0 spiro atoms. The number of carbonyl (C=O) groups is 2. The molecule has 168 valence electrons. The summed E-state index contributed by atoms with van der Waals surface area (Å²) in [7, 11) is 0. The first-order valence-electron chi connectivity index (χ1n) is 9.77. The summed E-state index contributed by atoms with van der Waals surface area (Å²) in [5.41, 5.74) is 1.58.